The Hall–Kier alpha value is -0.540. The highest BCUT2D eigenvalue weighted by molar-refractivity contribution is 14.1. The first-order chi connectivity index (χ1) is 8.97. The minimum absolute atomic E-state index is 0.0702. The van der Waals surface area contributed by atoms with Crippen LogP contribution in [-0.2, 0) is 6.42 Å². The second-order valence-corrected chi connectivity index (χ2v) is 6.05. The largest absolute Gasteiger partial charge is 0.431 e. The van der Waals surface area contributed by atoms with Gasteiger partial charge in [0.15, 0.2) is 0 Å². The van der Waals surface area contributed by atoms with Crippen LogP contribution in [0.15, 0.2) is 30.3 Å². The summed E-state index contributed by atoms with van der Waals surface area (Å²) in [6.45, 7) is 0. The van der Waals surface area contributed by atoms with E-state index in [1.807, 2.05) is 0 Å². The zero-order chi connectivity index (χ0) is 15.6. The van der Waals surface area contributed by atoms with E-state index in [0.717, 1.165) is 0 Å². The molecule has 1 aromatic rings. The lowest BCUT2D eigenvalue weighted by atomic mass is 9.95. The smallest absolute Gasteiger partial charge is 0.224 e. The summed E-state index contributed by atoms with van der Waals surface area (Å²) < 4.78 is 86.8. The van der Waals surface area contributed by atoms with Crippen LogP contribution in [0, 0.1) is 0 Å². The molecule has 0 radical (unpaired) electrons. The molecule has 0 N–H and O–H groups in total. The Kier molecular flexibility index (Phi) is 5.31. The average molecular weight is 414 g/mol. The molecule has 8 heteroatoms. The maximum atomic E-state index is 13.5. The number of alkyl halides is 8. The standard InChI is InChI=1S/C12H10F7I/c13-10(11(14,15)16,12(17,18)19)7-9(20)6-8-4-2-1-3-5-8/h1-5,9H,6-7H2. The Balaban J connectivity index is 2.87. The highest BCUT2D eigenvalue weighted by Crippen LogP contribution is 2.49. The topological polar surface area (TPSA) is 0 Å². The van der Waals surface area contributed by atoms with Gasteiger partial charge in [-0.1, -0.05) is 52.9 Å². The predicted octanol–water partition coefficient (Wildman–Crippen LogP) is 5.26. The van der Waals surface area contributed by atoms with Crippen LogP contribution in [0.4, 0.5) is 30.7 Å². The second-order valence-electron chi connectivity index (χ2n) is 4.29. The maximum absolute atomic E-state index is 13.5. The van der Waals surface area contributed by atoms with E-state index >= 15 is 0 Å². The molecule has 0 nitrogen and oxygen atoms in total. The molecular weight excluding hydrogens is 404 g/mol. The van der Waals surface area contributed by atoms with E-state index < -0.39 is 28.4 Å². The number of hydrogen-bond donors (Lipinski definition) is 0. The molecule has 0 spiro atoms. The normalized spacial score (nSPS) is 15.2. The minimum atomic E-state index is -5.98. The molecule has 1 atom stereocenters. The third-order valence-electron chi connectivity index (χ3n) is 2.70. The SMILES string of the molecule is FC(F)(F)C(F)(CC(I)Cc1ccccc1)C(F)(F)F. The van der Waals surface area contributed by atoms with Crippen LogP contribution in [0.25, 0.3) is 0 Å². The van der Waals surface area contributed by atoms with Crippen molar-refractivity contribution in [1.29, 1.82) is 0 Å². The van der Waals surface area contributed by atoms with Gasteiger partial charge in [0.25, 0.3) is 5.67 Å². The summed E-state index contributed by atoms with van der Waals surface area (Å²) in [5, 5.41) is 0. The zero-order valence-electron chi connectivity index (χ0n) is 9.90. The Morgan fingerprint density at radius 3 is 1.70 bits per heavy atom. The monoisotopic (exact) mass is 414 g/mol. The lowest BCUT2D eigenvalue weighted by molar-refractivity contribution is -0.342. The summed E-state index contributed by atoms with van der Waals surface area (Å²) in [4.78, 5) is 0. The van der Waals surface area contributed by atoms with E-state index in [2.05, 4.69) is 0 Å². The molecule has 1 unspecified atom stereocenters. The van der Waals surface area contributed by atoms with Gasteiger partial charge in [-0.25, -0.2) is 4.39 Å². The van der Waals surface area contributed by atoms with Crippen LogP contribution in [0.3, 0.4) is 0 Å². The molecule has 0 heterocycles. The van der Waals surface area contributed by atoms with Gasteiger partial charge in [-0.05, 0) is 12.0 Å². The van der Waals surface area contributed by atoms with Crippen molar-refractivity contribution in [3.63, 3.8) is 0 Å². The van der Waals surface area contributed by atoms with Crippen LogP contribution in [0.2, 0.25) is 0 Å². The molecule has 1 aromatic carbocycles. The molecule has 0 saturated carbocycles. The molecule has 0 saturated heterocycles. The summed E-state index contributed by atoms with van der Waals surface area (Å²) in [5.74, 6) is 0. The van der Waals surface area contributed by atoms with Gasteiger partial charge in [0.2, 0.25) is 0 Å². The van der Waals surface area contributed by atoms with Crippen molar-refractivity contribution in [1.82, 2.24) is 0 Å². The first kappa shape index (κ1) is 17.5. The van der Waals surface area contributed by atoms with Gasteiger partial charge >= 0.3 is 12.4 Å². The van der Waals surface area contributed by atoms with Crippen molar-refractivity contribution in [2.24, 2.45) is 0 Å². The fraction of sp³-hybridized carbons (Fsp3) is 0.500. The molecule has 114 valence electrons. The van der Waals surface area contributed by atoms with Gasteiger partial charge in [0, 0.05) is 10.3 Å². The number of rotatable bonds is 4. The number of benzene rings is 1. The predicted molar refractivity (Wildman–Crippen MR) is 68.5 cm³/mol. The van der Waals surface area contributed by atoms with Gasteiger partial charge in [-0.3, -0.25) is 0 Å². The molecular formula is C12H10F7I. The summed E-state index contributed by atoms with van der Waals surface area (Å²) in [7, 11) is 0. The Bertz CT molecular complexity index is 410. The molecule has 0 aliphatic carbocycles. The Morgan fingerprint density at radius 1 is 0.850 bits per heavy atom. The van der Waals surface area contributed by atoms with Crippen molar-refractivity contribution in [2.75, 3.05) is 0 Å². The van der Waals surface area contributed by atoms with E-state index in [1.54, 1.807) is 30.3 Å². The maximum Gasteiger partial charge on any atom is 0.431 e. The van der Waals surface area contributed by atoms with E-state index in [-0.39, 0.29) is 6.42 Å². The molecule has 0 amide bonds. The van der Waals surface area contributed by atoms with Crippen LogP contribution < -0.4 is 0 Å². The molecule has 0 fully saturated rings. The quantitative estimate of drug-likeness (QED) is 0.359. The fourth-order valence-electron chi connectivity index (χ4n) is 1.64. The number of hydrogen-bond acceptors (Lipinski definition) is 0. The van der Waals surface area contributed by atoms with Crippen LogP contribution in [-0.4, -0.2) is 21.9 Å². The average Bonchev–Trinajstić information content (AvgIpc) is 2.26. The van der Waals surface area contributed by atoms with Gasteiger partial charge < -0.3 is 0 Å². The van der Waals surface area contributed by atoms with Crippen LogP contribution in [0.5, 0.6) is 0 Å². The van der Waals surface area contributed by atoms with Gasteiger partial charge in [0.1, 0.15) is 0 Å². The Morgan fingerprint density at radius 2 is 1.30 bits per heavy atom. The molecule has 0 aliphatic heterocycles. The third kappa shape index (κ3) is 3.98. The lowest BCUT2D eigenvalue weighted by Gasteiger charge is -2.31. The number of halogens is 8. The summed E-state index contributed by atoms with van der Waals surface area (Å²) in [6, 6.07) is 8.00. The van der Waals surface area contributed by atoms with Gasteiger partial charge in [0.05, 0.1) is 0 Å². The van der Waals surface area contributed by atoms with Crippen molar-refractivity contribution in [3.8, 4) is 0 Å². The van der Waals surface area contributed by atoms with Crippen molar-refractivity contribution < 1.29 is 30.7 Å². The van der Waals surface area contributed by atoms with E-state index in [0.29, 0.717) is 5.56 Å². The molecule has 0 bridgehead atoms. The van der Waals surface area contributed by atoms with E-state index in [1.165, 1.54) is 22.6 Å². The minimum Gasteiger partial charge on any atom is -0.224 e. The van der Waals surface area contributed by atoms with E-state index in [9.17, 15) is 30.7 Å². The van der Waals surface area contributed by atoms with Crippen molar-refractivity contribution in [2.45, 2.75) is 34.8 Å². The van der Waals surface area contributed by atoms with Crippen molar-refractivity contribution >= 4 is 22.6 Å². The van der Waals surface area contributed by atoms with Crippen LogP contribution >= 0.6 is 22.6 Å². The first-order valence-corrected chi connectivity index (χ1v) is 6.72. The first-order valence-electron chi connectivity index (χ1n) is 5.48. The van der Waals surface area contributed by atoms with Crippen LogP contribution in [0.1, 0.15) is 12.0 Å². The van der Waals surface area contributed by atoms with Crippen molar-refractivity contribution in [3.05, 3.63) is 35.9 Å². The highest BCUT2D eigenvalue weighted by Gasteiger charge is 2.72. The molecule has 1 rings (SSSR count). The molecule has 20 heavy (non-hydrogen) atoms. The Labute approximate surface area is 124 Å². The lowest BCUT2D eigenvalue weighted by Crippen LogP contribution is -2.54. The summed E-state index contributed by atoms with van der Waals surface area (Å²) >= 11 is 1.41. The highest BCUT2D eigenvalue weighted by atomic mass is 127. The molecule has 0 aliphatic rings. The van der Waals surface area contributed by atoms with Gasteiger partial charge in [-0.2, -0.15) is 26.3 Å². The second kappa shape index (κ2) is 6.07. The van der Waals surface area contributed by atoms with E-state index in [4.69, 9.17) is 0 Å². The molecule has 0 aromatic heterocycles. The zero-order valence-corrected chi connectivity index (χ0v) is 12.1. The fourth-order valence-corrected chi connectivity index (χ4v) is 2.75. The summed E-state index contributed by atoms with van der Waals surface area (Å²) in [6.07, 6.45) is -13.7. The third-order valence-corrected chi connectivity index (χ3v) is 3.58. The van der Waals surface area contributed by atoms with Gasteiger partial charge in [-0.15, -0.1) is 0 Å². The summed E-state index contributed by atoms with van der Waals surface area (Å²) in [5.41, 5.74) is -4.63.